The van der Waals surface area contributed by atoms with Crippen molar-refractivity contribution in [3.8, 4) is 12.1 Å². The Labute approximate surface area is 214 Å². The molecule has 10 nitrogen and oxygen atoms in total. The van der Waals surface area contributed by atoms with Crippen molar-refractivity contribution >= 4 is 34.7 Å². The minimum atomic E-state index is -0.615. The summed E-state index contributed by atoms with van der Waals surface area (Å²) in [6.07, 6.45) is 4.40. The molecule has 1 saturated carbocycles. The lowest BCUT2D eigenvalue weighted by Crippen LogP contribution is -2.62. The first-order valence-corrected chi connectivity index (χ1v) is 12.4. The number of β-amino-alcohol motifs (C(OH)–C–C–N with tert-alkyl or cyclic N) is 1. The maximum absolute atomic E-state index is 10.0. The van der Waals surface area contributed by atoms with Crippen LogP contribution >= 0.6 is 11.6 Å². The molecule has 0 radical (unpaired) electrons. The zero-order chi connectivity index (χ0) is 25.6. The van der Waals surface area contributed by atoms with Crippen LogP contribution in [-0.4, -0.2) is 60.4 Å². The average molecular weight is 506 g/mol. The van der Waals surface area contributed by atoms with E-state index in [1.807, 2.05) is 13.0 Å². The van der Waals surface area contributed by atoms with Gasteiger partial charge in [0, 0.05) is 25.2 Å². The van der Waals surface area contributed by atoms with Gasteiger partial charge in [-0.05, 0) is 56.7 Å². The van der Waals surface area contributed by atoms with E-state index >= 15 is 0 Å². The first-order chi connectivity index (χ1) is 17.2. The smallest absolute Gasteiger partial charge is 0.247 e. The molecule has 3 N–H and O–H groups in total. The van der Waals surface area contributed by atoms with Gasteiger partial charge in [0.1, 0.15) is 6.07 Å². The number of hydrogen-bond donors (Lipinski definition) is 3. The van der Waals surface area contributed by atoms with Gasteiger partial charge in [0.25, 0.3) is 0 Å². The van der Waals surface area contributed by atoms with E-state index in [1.165, 1.54) is 10.7 Å². The zero-order valence-corrected chi connectivity index (χ0v) is 21.2. The third-order valence-electron chi connectivity index (χ3n) is 6.84. The maximum Gasteiger partial charge on any atom is 0.247 e. The monoisotopic (exact) mass is 505 g/mol. The van der Waals surface area contributed by atoms with Gasteiger partial charge in [-0.15, -0.1) is 5.10 Å². The van der Waals surface area contributed by atoms with Crippen LogP contribution in [0.3, 0.4) is 0 Å². The van der Waals surface area contributed by atoms with Crippen LogP contribution in [0.25, 0.3) is 5.65 Å². The first kappa shape index (κ1) is 24.3. The minimum Gasteiger partial charge on any atom is -0.388 e. The molecule has 3 heterocycles. The predicted molar refractivity (Wildman–Crippen MR) is 136 cm³/mol. The van der Waals surface area contributed by atoms with E-state index in [4.69, 9.17) is 11.6 Å². The lowest BCUT2D eigenvalue weighted by atomic mass is 9.87. The predicted octanol–water partition coefficient (Wildman–Crippen LogP) is 3.79. The number of likely N-dealkylation sites (tertiary alicyclic amines) is 1. The summed E-state index contributed by atoms with van der Waals surface area (Å²) in [5.74, 6) is 0.875. The van der Waals surface area contributed by atoms with Crippen LogP contribution in [0, 0.1) is 22.7 Å². The summed E-state index contributed by atoms with van der Waals surface area (Å²) in [7, 11) is 0. The number of aromatic nitrogens is 4. The molecule has 2 unspecified atom stereocenters. The number of rotatable bonds is 8. The van der Waals surface area contributed by atoms with E-state index in [1.54, 1.807) is 6.07 Å². The molecule has 2 aromatic heterocycles. The number of halogens is 1. The highest BCUT2D eigenvalue weighted by Gasteiger charge is 2.39. The third kappa shape index (κ3) is 4.80. The fraction of sp³-hybridized carbons (Fsp3) is 0.480. The molecule has 1 aliphatic carbocycles. The molecule has 11 heteroatoms. The van der Waals surface area contributed by atoms with E-state index in [2.05, 4.69) is 56.6 Å². The lowest BCUT2D eigenvalue weighted by Gasteiger charge is -2.48. The Morgan fingerprint density at radius 3 is 2.64 bits per heavy atom. The topological polar surface area (TPSA) is 138 Å². The van der Waals surface area contributed by atoms with E-state index in [-0.39, 0.29) is 17.9 Å². The second kappa shape index (κ2) is 9.21. The molecule has 1 saturated heterocycles. The Morgan fingerprint density at radius 2 is 2.00 bits per heavy atom. The summed E-state index contributed by atoms with van der Waals surface area (Å²) in [4.78, 5) is 11.1. The van der Waals surface area contributed by atoms with Gasteiger partial charge in [-0.1, -0.05) is 18.5 Å². The number of anilines is 3. The van der Waals surface area contributed by atoms with Crippen LogP contribution in [0.2, 0.25) is 5.02 Å². The van der Waals surface area contributed by atoms with Crippen molar-refractivity contribution in [2.75, 3.05) is 23.7 Å². The molecule has 186 valence electrons. The Bertz CT molecular complexity index is 1390. The van der Waals surface area contributed by atoms with Gasteiger partial charge in [-0.2, -0.15) is 20.0 Å². The highest BCUT2D eigenvalue weighted by atomic mass is 35.5. The summed E-state index contributed by atoms with van der Waals surface area (Å²) >= 11 is 6.66. The average Bonchev–Trinajstić information content (AvgIpc) is 3.54. The Balaban J connectivity index is 1.40. The molecule has 2 fully saturated rings. The normalized spacial score (nSPS) is 18.6. The Hall–Kier alpha value is -3.44. The number of aliphatic hydroxyl groups is 1. The Kier molecular flexibility index (Phi) is 6.21. The van der Waals surface area contributed by atoms with Gasteiger partial charge in [-0.25, -0.2) is 4.98 Å². The van der Waals surface area contributed by atoms with Gasteiger partial charge >= 0.3 is 0 Å². The first-order valence-electron chi connectivity index (χ1n) is 12.1. The van der Waals surface area contributed by atoms with E-state index in [9.17, 15) is 15.6 Å². The van der Waals surface area contributed by atoms with Gasteiger partial charge in [0.2, 0.25) is 5.95 Å². The van der Waals surface area contributed by atoms with Crippen LogP contribution in [0.5, 0.6) is 0 Å². The highest BCUT2D eigenvalue weighted by molar-refractivity contribution is 6.33. The fourth-order valence-corrected chi connectivity index (χ4v) is 4.99. The summed E-state index contributed by atoms with van der Waals surface area (Å²) in [5, 5.41) is 40.7. The molecule has 5 rings (SSSR count). The molecular formula is C25H28ClN9O. The number of hydrogen-bond acceptors (Lipinski definition) is 9. The molecular weight excluding hydrogens is 478 g/mol. The largest absolute Gasteiger partial charge is 0.388 e. The SMILES string of the molecule is CC(CC(C)N1CC(C)(O)C1)c1cc(Cl)c(Nc2nc(NC3CC3)c3ncc(C#N)n3n2)cc1C#N. The van der Waals surface area contributed by atoms with Gasteiger partial charge in [-0.3, -0.25) is 4.90 Å². The van der Waals surface area contributed by atoms with Gasteiger partial charge < -0.3 is 15.7 Å². The van der Waals surface area contributed by atoms with Gasteiger partial charge in [0.05, 0.1) is 34.1 Å². The number of imidazole rings is 1. The molecule has 3 aromatic rings. The molecule has 0 bridgehead atoms. The van der Waals surface area contributed by atoms with Crippen LogP contribution in [0.1, 0.15) is 62.8 Å². The van der Waals surface area contributed by atoms with Crippen molar-refractivity contribution in [3.05, 3.63) is 40.2 Å². The number of benzene rings is 1. The van der Waals surface area contributed by atoms with Crippen LogP contribution in [0.4, 0.5) is 17.5 Å². The Morgan fingerprint density at radius 1 is 1.25 bits per heavy atom. The molecule has 2 atom stereocenters. The number of nitrogens with zero attached hydrogens (tertiary/aromatic N) is 7. The van der Waals surface area contributed by atoms with Crippen molar-refractivity contribution < 1.29 is 5.11 Å². The standard InChI is InChI=1S/C25H28ClN9O/c1-14(6-15(2)34-12-25(3,36)13-34)19-8-20(26)21(7-16(19)9-27)31-24-32-22(30-17-4-5-17)23-29-11-18(10-28)35(23)33-24/h7-8,11,14-15,17,36H,4-6,12-13H2,1-3H3,(H2,30,31,32,33). The van der Waals surface area contributed by atoms with Crippen molar-refractivity contribution in [3.63, 3.8) is 0 Å². The highest BCUT2D eigenvalue weighted by Crippen LogP contribution is 2.35. The quantitative estimate of drug-likeness (QED) is 0.417. The minimum absolute atomic E-state index is 0.0952. The number of fused-ring (bicyclic) bond motifs is 1. The van der Waals surface area contributed by atoms with E-state index < -0.39 is 5.60 Å². The van der Waals surface area contributed by atoms with Crippen LogP contribution in [-0.2, 0) is 0 Å². The summed E-state index contributed by atoms with van der Waals surface area (Å²) in [6, 6.07) is 8.53. The van der Waals surface area contributed by atoms with Crippen LogP contribution in [0.15, 0.2) is 18.3 Å². The van der Waals surface area contributed by atoms with Crippen molar-refractivity contribution in [2.24, 2.45) is 0 Å². The van der Waals surface area contributed by atoms with Crippen molar-refractivity contribution in [2.45, 2.75) is 63.6 Å². The molecule has 2 aliphatic rings. The maximum atomic E-state index is 10.0. The second-order valence-corrected chi connectivity index (χ2v) is 10.6. The number of nitriles is 2. The second-order valence-electron chi connectivity index (χ2n) is 10.2. The molecule has 0 amide bonds. The van der Waals surface area contributed by atoms with Crippen molar-refractivity contribution in [1.82, 2.24) is 24.5 Å². The summed E-state index contributed by atoms with van der Waals surface area (Å²) in [5.41, 5.74) is 2.06. The summed E-state index contributed by atoms with van der Waals surface area (Å²) in [6.45, 7) is 7.38. The molecule has 1 aromatic carbocycles. The molecule has 0 spiro atoms. The van der Waals surface area contributed by atoms with E-state index in [0.717, 1.165) is 24.8 Å². The third-order valence-corrected chi connectivity index (χ3v) is 7.15. The van der Waals surface area contributed by atoms with Gasteiger partial charge in [0.15, 0.2) is 17.2 Å². The van der Waals surface area contributed by atoms with Crippen molar-refractivity contribution in [1.29, 1.82) is 10.5 Å². The number of nitrogens with one attached hydrogen (secondary N) is 2. The fourth-order valence-electron chi connectivity index (χ4n) is 4.77. The zero-order valence-electron chi connectivity index (χ0n) is 20.5. The van der Waals surface area contributed by atoms with Crippen LogP contribution < -0.4 is 10.6 Å². The summed E-state index contributed by atoms with van der Waals surface area (Å²) < 4.78 is 1.45. The molecule has 1 aliphatic heterocycles. The van der Waals surface area contributed by atoms with E-state index in [0.29, 0.717) is 52.6 Å². The molecule has 36 heavy (non-hydrogen) atoms. The lowest BCUT2D eigenvalue weighted by molar-refractivity contribution is -0.101.